The Morgan fingerprint density at radius 1 is 1.50 bits per heavy atom. The molecule has 1 saturated carbocycles. The highest BCUT2D eigenvalue weighted by molar-refractivity contribution is 7.99. The van der Waals surface area contributed by atoms with Gasteiger partial charge in [-0.15, -0.1) is 11.8 Å². The topological polar surface area (TPSA) is 30.0 Å². The lowest BCUT2D eigenvalue weighted by Gasteiger charge is -2.07. The van der Waals surface area contributed by atoms with E-state index in [4.69, 9.17) is 0 Å². The van der Waals surface area contributed by atoms with Crippen molar-refractivity contribution in [1.29, 1.82) is 0 Å². The summed E-state index contributed by atoms with van der Waals surface area (Å²) in [7, 11) is 0. The molecule has 0 saturated heterocycles. The predicted molar refractivity (Wildman–Crippen MR) is 66.9 cm³/mol. The van der Waals surface area contributed by atoms with Crippen LogP contribution in [0.1, 0.15) is 43.0 Å². The van der Waals surface area contributed by atoms with Crippen molar-refractivity contribution in [3.05, 3.63) is 23.9 Å². The van der Waals surface area contributed by atoms with Crippen LogP contribution in [0.5, 0.6) is 0 Å². The number of nitrogens with zero attached hydrogens (tertiary/aromatic N) is 1. The van der Waals surface area contributed by atoms with E-state index in [0.717, 1.165) is 22.3 Å². The fourth-order valence-electron chi connectivity index (χ4n) is 2.09. The van der Waals surface area contributed by atoms with Crippen LogP contribution >= 0.6 is 11.8 Å². The molecule has 2 rings (SSSR count). The molecule has 2 nitrogen and oxygen atoms in total. The van der Waals surface area contributed by atoms with E-state index in [0.29, 0.717) is 0 Å². The molecule has 0 N–H and O–H groups in total. The van der Waals surface area contributed by atoms with E-state index >= 15 is 0 Å². The van der Waals surface area contributed by atoms with Gasteiger partial charge < -0.3 is 0 Å². The molecule has 0 spiro atoms. The standard InChI is InChI=1S/C13H17NOS/c1-10(15)12-6-7-14-13(8-12)16-9-11-4-2-3-5-11/h6-8,11H,2-5,9H2,1H3. The van der Waals surface area contributed by atoms with Crippen LogP contribution in [0.3, 0.4) is 0 Å². The van der Waals surface area contributed by atoms with Crippen LogP contribution in [0, 0.1) is 5.92 Å². The first-order valence-corrected chi connectivity index (χ1v) is 6.84. The van der Waals surface area contributed by atoms with Gasteiger partial charge in [-0.3, -0.25) is 4.79 Å². The molecule has 0 radical (unpaired) electrons. The molecule has 1 fully saturated rings. The molecule has 86 valence electrons. The summed E-state index contributed by atoms with van der Waals surface area (Å²) in [5.41, 5.74) is 0.768. The number of carbonyl (C=O) groups excluding carboxylic acids is 1. The number of Topliss-reactive ketones (excluding diaryl/α,β-unsaturated/α-hetero) is 1. The highest BCUT2D eigenvalue weighted by Gasteiger charge is 2.15. The van der Waals surface area contributed by atoms with Crippen LogP contribution in [0.25, 0.3) is 0 Å². The zero-order chi connectivity index (χ0) is 11.4. The Morgan fingerprint density at radius 3 is 2.94 bits per heavy atom. The molecule has 0 amide bonds. The van der Waals surface area contributed by atoms with Gasteiger partial charge in [-0.05, 0) is 37.8 Å². The number of hydrogen-bond acceptors (Lipinski definition) is 3. The molecule has 0 atom stereocenters. The van der Waals surface area contributed by atoms with Crippen LogP contribution in [-0.2, 0) is 0 Å². The monoisotopic (exact) mass is 235 g/mol. The van der Waals surface area contributed by atoms with E-state index in [2.05, 4.69) is 4.98 Å². The summed E-state index contributed by atoms with van der Waals surface area (Å²) in [6.07, 6.45) is 7.21. The van der Waals surface area contributed by atoms with E-state index in [-0.39, 0.29) is 5.78 Å². The predicted octanol–water partition coefficient (Wildman–Crippen LogP) is 3.57. The van der Waals surface area contributed by atoms with Crippen molar-refractivity contribution >= 4 is 17.5 Å². The van der Waals surface area contributed by atoms with Gasteiger partial charge in [-0.1, -0.05) is 12.8 Å². The molecule has 1 aromatic rings. The average molecular weight is 235 g/mol. The molecule has 3 heteroatoms. The SMILES string of the molecule is CC(=O)c1ccnc(SCC2CCCC2)c1. The highest BCUT2D eigenvalue weighted by atomic mass is 32.2. The average Bonchev–Trinajstić information content (AvgIpc) is 2.79. The minimum Gasteiger partial charge on any atom is -0.295 e. The van der Waals surface area contributed by atoms with Crippen molar-refractivity contribution < 1.29 is 4.79 Å². The zero-order valence-corrected chi connectivity index (χ0v) is 10.4. The first kappa shape index (κ1) is 11.6. The molecule has 0 aromatic carbocycles. The largest absolute Gasteiger partial charge is 0.295 e. The second-order valence-electron chi connectivity index (χ2n) is 4.40. The minimum absolute atomic E-state index is 0.116. The summed E-state index contributed by atoms with van der Waals surface area (Å²) in [6.45, 7) is 1.60. The number of ketones is 1. The Labute approximate surface area is 101 Å². The van der Waals surface area contributed by atoms with Gasteiger partial charge in [0.2, 0.25) is 0 Å². The minimum atomic E-state index is 0.116. The smallest absolute Gasteiger partial charge is 0.159 e. The molecule has 1 aliphatic carbocycles. The van der Waals surface area contributed by atoms with Crippen LogP contribution in [0.2, 0.25) is 0 Å². The molecule has 1 heterocycles. The van der Waals surface area contributed by atoms with E-state index in [1.54, 1.807) is 30.9 Å². The third kappa shape index (κ3) is 3.08. The maximum Gasteiger partial charge on any atom is 0.159 e. The fourth-order valence-corrected chi connectivity index (χ4v) is 3.17. The number of aromatic nitrogens is 1. The van der Waals surface area contributed by atoms with Crippen molar-refractivity contribution in [3.8, 4) is 0 Å². The van der Waals surface area contributed by atoms with Crippen LogP contribution in [-0.4, -0.2) is 16.5 Å². The third-order valence-corrected chi connectivity index (χ3v) is 4.24. The van der Waals surface area contributed by atoms with Gasteiger partial charge in [0.05, 0.1) is 5.03 Å². The quantitative estimate of drug-likeness (QED) is 0.590. The van der Waals surface area contributed by atoms with E-state index < -0.39 is 0 Å². The zero-order valence-electron chi connectivity index (χ0n) is 9.61. The lowest BCUT2D eigenvalue weighted by atomic mass is 10.1. The number of rotatable bonds is 4. The maximum absolute atomic E-state index is 11.2. The number of pyridine rings is 1. The second-order valence-corrected chi connectivity index (χ2v) is 5.44. The number of thioether (sulfide) groups is 1. The lowest BCUT2D eigenvalue weighted by Crippen LogP contribution is -1.98. The summed E-state index contributed by atoms with van der Waals surface area (Å²) in [5.74, 6) is 2.12. The Morgan fingerprint density at radius 2 is 2.25 bits per heavy atom. The first-order chi connectivity index (χ1) is 7.75. The van der Waals surface area contributed by atoms with E-state index in [1.165, 1.54) is 25.7 Å². The molecule has 1 aliphatic rings. The van der Waals surface area contributed by atoms with Gasteiger partial charge >= 0.3 is 0 Å². The maximum atomic E-state index is 11.2. The van der Waals surface area contributed by atoms with Gasteiger partial charge in [0.15, 0.2) is 5.78 Å². The van der Waals surface area contributed by atoms with Gasteiger partial charge in [-0.25, -0.2) is 4.98 Å². The summed E-state index contributed by atoms with van der Waals surface area (Å²) < 4.78 is 0. The normalized spacial score (nSPS) is 16.6. The Bertz CT molecular complexity index is 372. The molecule has 0 aliphatic heterocycles. The number of carbonyl (C=O) groups is 1. The Balaban J connectivity index is 1.93. The summed E-state index contributed by atoms with van der Waals surface area (Å²) in [6, 6.07) is 3.68. The Hall–Kier alpha value is -0.830. The lowest BCUT2D eigenvalue weighted by molar-refractivity contribution is 0.101. The van der Waals surface area contributed by atoms with Crippen molar-refractivity contribution in [2.75, 3.05) is 5.75 Å². The van der Waals surface area contributed by atoms with Gasteiger partial charge in [0.1, 0.15) is 0 Å². The first-order valence-electron chi connectivity index (χ1n) is 5.85. The van der Waals surface area contributed by atoms with Crippen LogP contribution in [0.4, 0.5) is 0 Å². The second kappa shape index (κ2) is 5.48. The van der Waals surface area contributed by atoms with Crippen molar-refractivity contribution in [2.24, 2.45) is 5.92 Å². The van der Waals surface area contributed by atoms with E-state index in [9.17, 15) is 4.79 Å². The third-order valence-electron chi connectivity index (χ3n) is 3.08. The van der Waals surface area contributed by atoms with Gasteiger partial charge in [-0.2, -0.15) is 0 Å². The molecule has 0 unspecified atom stereocenters. The Kier molecular flexibility index (Phi) is 3.99. The van der Waals surface area contributed by atoms with Gasteiger partial charge in [0.25, 0.3) is 0 Å². The van der Waals surface area contributed by atoms with Crippen LogP contribution in [0.15, 0.2) is 23.4 Å². The molecule has 16 heavy (non-hydrogen) atoms. The van der Waals surface area contributed by atoms with E-state index in [1.807, 2.05) is 6.07 Å². The molecular formula is C13H17NOS. The fraction of sp³-hybridized carbons (Fsp3) is 0.538. The summed E-state index contributed by atoms with van der Waals surface area (Å²) in [4.78, 5) is 15.5. The van der Waals surface area contributed by atoms with Crippen molar-refractivity contribution in [3.63, 3.8) is 0 Å². The van der Waals surface area contributed by atoms with Crippen molar-refractivity contribution in [2.45, 2.75) is 37.6 Å². The highest BCUT2D eigenvalue weighted by Crippen LogP contribution is 2.30. The number of hydrogen-bond donors (Lipinski definition) is 0. The molecule has 0 bridgehead atoms. The molecular weight excluding hydrogens is 218 g/mol. The van der Waals surface area contributed by atoms with Crippen LogP contribution < -0.4 is 0 Å². The summed E-state index contributed by atoms with van der Waals surface area (Å²) in [5, 5.41) is 0.986. The van der Waals surface area contributed by atoms with Crippen molar-refractivity contribution in [1.82, 2.24) is 4.98 Å². The molecule has 1 aromatic heterocycles. The summed E-state index contributed by atoms with van der Waals surface area (Å²) >= 11 is 1.79. The van der Waals surface area contributed by atoms with Gasteiger partial charge in [0, 0.05) is 17.5 Å².